The summed E-state index contributed by atoms with van der Waals surface area (Å²) in [4.78, 5) is 19.3. The first-order chi connectivity index (χ1) is 15.5. The van der Waals surface area contributed by atoms with E-state index in [0.717, 1.165) is 57.4 Å². The van der Waals surface area contributed by atoms with E-state index in [-0.39, 0.29) is 11.8 Å². The lowest BCUT2D eigenvalue weighted by molar-refractivity contribution is 0.0601. The molecular formula is C26H20BrFN2O2. The SMILES string of the molecule is COC(=O)c1ccc2nc(-c3ccc(F)cc3)c(N3CCCc4cc(Br)ccc43)cc2c1. The second kappa shape index (κ2) is 8.36. The van der Waals surface area contributed by atoms with Gasteiger partial charge in [-0.15, -0.1) is 0 Å². The molecule has 0 saturated heterocycles. The Bertz CT molecular complexity index is 1340. The number of halogens is 2. The summed E-state index contributed by atoms with van der Waals surface area (Å²) in [5, 5.41) is 0.845. The van der Waals surface area contributed by atoms with Crippen LogP contribution in [0.3, 0.4) is 0 Å². The Morgan fingerprint density at radius 3 is 2.62 bits per heavy atom. The molecule has 0 aliphatic carbocycles. The lowest BCUT2D eigenvalue weighted by Gasteiger charge is -2.33. The van der Waals surface area contributed by atoms with Gasteiger partial charge in [-0.2, -0.15) is 0 Å². The molecule has 0 bridgehead atoms. The van der Waals surface area contributed by atoms with Crippen LogP contribution in [-0.4, -0.2) is 24.6 Å². The first-order valence-corrected chi connectivity index (χ1v) is 11.2. The smallest absolute Gasteiger partial charge is 0.337 e. The van der Waals surface area contributed by atoms with Crippen LogP contribution in [0.1, 0.15) is 22.3 Å². The van der Waals surface area contributed by atoms with Gasteiger partial charge in [0.15, 0.2) is 0 Å². The van der Waals surface area contributed by atoms with Gasteiger partial charge in [0.1, 0.15) is 5.82 Å². The Kier molecular flexibility index (Phi) is 5.39. The number of anilines is 2. The minimum absolute atomic E-state index is 0.285. The number of rotatable bonds is 3. The molecule has 0 fully saturated rings. The van der Waals surface area contributed by atoms with Gasteiger partial charge in [-0.3, -0.25) is 0 Å². The maximum absolute atomic E-state index is 13.6. The van der Waals surface area contributed by atoms with Crippen LogP contribution in [0.4, 0.5) is 15.8 Å². The molecule has 3 aromatic carbocycles. The number of carbonyl (C=O) groups excluding carboxylic acids is 1. The highest BCUT2D eigenvalue weighted by Gasteiger charge is 2.23. The molecule has 4 nitrogen and oxygen atoms in total. The monoisotopic (exact) mass is 490 g/mol. The minimum Gasteiger partial charge on any atom is -0.465 e. The highest BCUT2D eigenvalue weighted by Crippen LogP contribution is 2.40. The number of aryl methyl sites for hydroxylation is 1. The van der Waals surface area contributed by atoms with Crippen molar-refractivity contribution < 1.29 is 13.9 Å². The van der Waals surface area contributed by atoms with Crippen molar-refractivity contribution in [3.05, 3.63) is 88.1 Å². The molecule has 0 radical (unpaired) electrons. The van der Waals surface area contributed by atoms with Crippen LogP contribution in [0.15, 0.2) is 71.2 Å². The Morgan fingerprint density at radius 2 is 1.84 bits per heavy atom. The number of pyridine rings is 1. The van der Waals surface area contributed by atoms with E-state index in [2.05, 4.69) is 39.0 Å². The van der Waals surface area contributed by atoms with Crippen molar-refractivity contribution in [3.8, 4) is 11.3 Å². The van der Waals surface area contributed by atoms with Crippen molar-refractivity contribution in [1.82, 2.24) is 4.98 Å². The number of hydrogen-bond acceptors (Lipinski definition) is 4. The summed E-state index contributed by atoms with van der Waals surface area (Å²) in [6.07, 6.45) is 2.01. The number of fused-ring (bicyclic) bond motifs is 2. The summed E-state index contributed by atoms with van der Waals surface area (Å²) in [6.45, 7) is 0.840. The number of aromatic nitrogens is 1. The molecule has 0 unspecified atom stereocenters. The van der Waals surface area contributed by atoms with E-state index in [0.29, 0.717) is 5.56 Å². The van der Waals surface area contributed by atoms with Crippen LogP contribution in [0.5, 0.6) is 0 Å². The van der Waals surface area contributed by atoms with Gasteiger partial charge in [-0.25, -0.2) is 14.2 Å². The number of esters is 1. The largest absolute Gasteiger partial charge is 0.465 e. The molecule has 2 heterocycles. The van der Waals surface area contributed by atoms with Crippen molar-refractivity contribution in [3.63, 3.8) is 0 Å². The van der Waals surface area contributed by atoms with Gasteiger partial charge in [-0.05, 0) is 85.1 Å². The minimum atomic E-state index is -0.385. The van der Waals surface area contributed by atoms with Crippen LogP contribution >= 0.6 is 15.9 Å². The van der Waals surface area contributed by atoms with E-state index < -0.39 is 0 Å². The average Bonchev–Trinajstić information content (AvgIpc) is 2.82. The molecule has 0 saturated carbocycles. The van der Waals surface area contributed by atoms with Gasteiger partial charge in [0.05, 0.1) is 29.6 Å². The third kappa shape index (κ3) is 3.75. The van der Waals surface area contributed by atoms with Crippen molar-refractivity contribution >= 4 is 44.2 Å². The summed E-state index contributed by atoms with van der Waals surface area (Å²) < 4.78 is 19.6. The Balaban J connectivity index is 1.74. The predicted molar refractivity (Wildman–Crippen MR) is 128 cm³/mol. The number of methoxy groups -OCH3 is 1. The second-order valence-corrected chi connectivity index (χ2v) is 8.71. The lowest BCUT2D eigenvalue weighted by Crippen LogP contribution is -2.25. The third-order valence-electron chi connectivity index (χ3n) is 5.78. The number of nitrogens with zero attached hydrogens (tertiary/aromatic N) is 2. The zero-order chi connectivity index (χ0) is 22.2. The van der Waals surface area contributed by atoms with Crippen molar-refractivity contribution in [2.24, 2.45) is 0 Å². The zero-order valence-electron chi connectivity index (χ0n) is 17.4. The van der Waals surface area contributed by atoms with Gasteiger partial charge in [0.2, 0.25) is 0 Å². The van der Waals surface area contributed by atoms with Crippen LogP contribution < -0.4 is 4.90 Å². The summed E-state index contributed by atoms with van der Waals surface area (Å²) in [7, 11) is 1.37. The molecule has 6 heteroatoms. The Hall–Kier alpha value is -3.25. The maximum atomic E-state index is 13.6. The molecular weight excluding hydrogens is 471 g/mol. The number of hydrogen-bond donors (Lipinski definition) is 0. The molecule has 1 aromatic heterocycles. The van der Waals surface area contributed by atoms with Gasteiger partial charge >= 0.3 is 5.97 Å². The van der Waals surface area contributed by atoms with E-state index in [9.17, 15) is 9.18 Å². The van der Waals surface area contributed by atoms with E-state index in [1.54, 1.807) is 24.3 Å². The molecule has 0 amide bonds. The van der Waals surface area contributed by atoms with Gasteiger partial charge in [0.25, 0.3) is 0 Å². The summed E-state index contributed by atoms with van der Waals surface area (Å²) in [5.74, 6) is -0.670. The Morgan fingerprint density at radius 1 is 1.03 bits per heavy atom. The van der Waals surface area contributed by atoms with Crippen LogP contribution in [0, 0.1) is 5.82 Å². The molecule has 0 N–H and O–H groups in total. The molecule has 1 aliphatic rings. The van der Waals surface area contributed by atoms with Crippen molar-refractivity contribution in [2.75, 3.05) is 18.6 Å². The van der Waals surface area contributed by atoms with Gasteiger partial charge in [-0.1, -0.05) is 15.9 Å². The Labute approximate surface area is 193 Å². The maximum Gasteiger partial charge on any atom is 0.337 e. The summed E-state index contributed by atoms with van der Waals surface area (Å²) in [6, 6.07) is 20.1. The normalized spacial score (nSPS) is 13.2. The van der Waals surface area contributed by atoms with E-state index >= 15 is 0 Å². The summed E-state index contributed by atoms with van der Waals surface area (Å²) >= 11 is 3.58. The first-order valence-electron chi connectivity index (χ1n) is 10.4. The van der Waals surface area contributed by atoms with Crippen LogP contribution in [0.25, 0.3) is 22.2 Å². The summed E-state index contributed by atoms with van der Waals surface area (Å²) in [5.41, 5.74) is 6.17. The molecule has 160 valence electrons. The molecule has 5 rings (SSSR count). The molecule has 4 aromatic rings. The molecule has 0 spiro atoms. The quantitative estimate of drug-likeness (QED) is 0.300. The first kappa shape index (κ1) is 20.6. The molecule has 32 heavy (non-hydrogen) atoms. The number of benzene rings is 3. The van der Waals surface area contributed by atoms with Gasteiger partial charge in [0, 0.05) is 27.7 Å². The molecule has 1 aliphatic heterocycles. The van der Waals surface area contributed by atoms with Crippen LogP contribution in [0.2, 0.25) is 0 Å². The fraction of sp³-hybridized carbons (Fsp3) is 0.154. The van der Waals surface area contributed by atoms with Crippen LogP contribution in [-0.2, 0) is 11.2 Å². The zero-order valence-corrected chi connectivity index (χ0v) is 19.0. The van der Waals surface area contributed by atoms with E-state index in [1.165, 1.54) is 24.8 Å². The number of ether oxygens (including phenoxy) is 1. The average molecular weight is 491 g/mol. The van der Waals surface area contributed by atoms with E-state index in [1.807, 2.05) is 12.1 Å². The van der Waals surface area contributed by atoms with Crippen molar-refractivity contribution in [2.45, 2.75) is 12.8 Å². The topological polar surface area (TPSA) is 42.4 Å². The van der Waals surface area contributed by atoms with Crippen molar-refractivity contribution in [1.29, 1.82) is 0 Å². The highest BCUT2D eigenvalue weighted by molar-refractivity contribution is 9.10. The standard InChI is InChI=1S/C26H20BrFN2O2/c1-32-26(31)18-6-10-22-19(13-18)15-24(25(29-22)16-4-8-21(28)9-5-16)30-12-2-3-17-14-20(27)7-11-23(17)30/h4-11,13-15H,2-3,12H2,1H3. The fourth-order valence-corrected chi connectivity index (χ4v) is 4.66. The second-order valence-electron chi connectivity index (χ2n) is 7.79. The van der Waals surface area contributed by atoms with Gasteiger partial charge < -0.3 is 9.64 Å². The third-order valence-corrected chi connectivity index (χ3v) is 6.28. The lowest BCUT2D eigenvalue weighted by atomic mass is 9.99. The number of carbonyl (C=O) groups is 1. The fourth-order valence-electron chi connectivity index (χ4n) is 4.25. The highest BCUT2D eigenvalue weighted by atomic mass is 79.9. The predicted octanol–water partition coefficient (Wildman–Crippen LogP) is 6.67. The van der Waals surface area contributed by atoms with E-state index in [4.69, 9.17) is 9.72 Å². The molecule has 0 atom stereocenters.